The first-order valence-corrected chi connectivity index (χ1v) is 7.22. The molecule has 1 aliphatic heterocycles. The number of benzene rings is 1. The molecule has 1 atom stereocenters. The Labute approximate surface area is 119 Å². The molecule has 2 heterocycles. The second kappa shape index (κ2) is 5.13. The molecule has 1 unspecified atom stereocenters. The van der Waals surface area contributed by atoms with Crippen LogP contribution in [0.2, 0.25) is 0 Å². The number of H-pyrrole nitrogens is 1. The summed E-state index contributed by atoms with van der Waals surface area (Å²) in [6.45, 7) is 2.86. The number of nitrogens with zero attached hydrogens (tertiary/aromatic N) is 1. The maximum atomic E-state index is 12.5. The molecule has 3 rings (SSSR count). The van der Waals surface area contributed by atoms with Gasteiger partial charge in [0.25, 0.3) is 5.91 Å². The number of carbonyl (C=O) groups excluding carboxylic acids is 1. The Balaban J connectivity index is 1.92. The average Bonchev–Trinajstić information content (AvgIpc) is 2.81. The fourth-order valence-electron chi connectivity index (χ4n) is 2.23. The van der Waals surface area contributed by atoms with Crippen molar-refractivity contribution < 1.29 is 9.53 Å². The minimum Gasteiger partial charge on any atom is -0.491 e. The number of thiazole rings is 1. The molecule has 5 nitrogen and oxygen atoms in total. The summed E-state index contributed by atoms with van der Waals surface area (Å²) in [6, 6.07) is 7.63. The van der Waals surface area contributed by atoms with Gasteiger partial charge in [0.05, 0.1) is 12.6 Å². The van der Waals surface area contributed by atoms with Crippen LogP contribution in [0.3, 0.4) is 0 Å². The summed E-state index contributed by atoms with van der Waals surface area (Å²) in [7, 11) is 0. The summed E-state index contributed by atoms with van der Waals surface area (Å²) in [5, 5.41) is 1.56. The zero-order valence-corrected chi connectivity index (χ0v) is 11.8. The third-order valence-electron chi connectivity index (χ3n) is 3.34. The van der Waals surface area contributed by atoms with Gasteiger partial charge in [0, 0.05) is 10.9 Å². The van der Waals surface area contributed by atoms with E-state index in [-0.39, 0.29) is 16.8 Å². The Morgan fingerprint density at radius 2 is 2.25 bits per heavy atom. The lowest BCUT2D eigenvalue weighted by Gasteiger charge is -2.25. The highest BCUT2D eigenvalue weighted by atomic mass is 32.1. The molecule has 1 aromatic heterocycles. The molecule has 6 heteroatoms. The number of amides is 1. The van der Waals surface area contributed by atoms with Gasteiger partial charge in [-0.05, 0) is 13.0 Å². The first-order valence-electron chi connectivity index (χ1n) is 6.34. The molecule has 1 aliphatic rings. The lowest BCUT2D eigenvalue weighted by molar-refractivity contribution is 0.0640. The predicted octanol–water partition coefficient (Wildman–Crippen LogP) is 1.86. The van der Waals surface area contributed by atoms with Crippen LogP contribution >= 0.6 is 11.3 Å². The Kier molecular flexibility index (Phi) is 3.31. The highest BCUT2D eigenvalue weighted by Gasteiger charge is 2.27. The van der Waals surface area contributed by atoms with Crippen LogP contribution in [0.25, 0.3) is 0 Å². The summed E-state index contributed by atoms with van der Waals surface area (Å²) < 4.78 is 5.72. The summed E-state index contributed by atoms with van der Waals surface area (Å²) in [5.74, 6) is 0.643. The molecule has 104 valence electrons. The Morgan fingerprint density at radius 3 is 3.00 bits per heavy atom. The van der Waals surface area contributed by atoms with Crippen molar-refractivity contribution in [2.24, 2.45) is 0 Å². The fraction of sp³-hybridized carbons (Fsp3) is 0.286. The SMILES string of the molecule is CC1COc2ccccc2CN1C(=O)c1csc(=O)[nH]1. The van der Waals surface area contributed by atoms with E-state index in [1.165, 1.54) is 0 Å². The van der Waals surface area contributed by atoms with Gasteiger partial charge in [-0.2, -0.15) is 0 Å². The molecule has 1 N–H and O–H groups in total. The smallest absolute Gasteiger partial charge is 0.305 e. The molecule has 1 amide bonds. The van der Waals surface area contributed by atoms with Crippen LogP contribution in [0.5, 0.6) is 5.75 Å². The van der Waals surface area contributed by atoms with Crippen LogP contribution in [0, 0.1) is 0 Å². The van der Waals surface area contributed by atoms with Gasteiger partial charge in [0.1, 0.15) is 18.1 Å². The van der Waals surface area contributed by atoms with Crippen molar-refractivity contribution in [3.8, 4) is 5.75 Å². The number of fused-ring (bicyclic) bond motifs is 1. The zero-order chi connectivity index (χ0) is 14.1. The molecule has 2 aromatic rings. The standard InChI is InChI=1S/C14H14N2O3S/c1-9-7-19-12-5-3-2-4-10(12)6-16(9)13(17)11-8-20-14(18)15-11/h2-5,8-9H,6-7H2,1H3,(H,15,18). The second-order valence-electron chi connectivity index (χ2n) is 4.76. The molecule has 0 aliphatic carbocycles. The number of ether oxygens (including phenoxy) is 1. The number of rotatable bonds is 1. The highest BCUT2D eigenvalue weighted by molar-refractivity contribution is 7.07. The normalized spacial score (nSPS) is 18.1. The first kappa shape index (κ1) is 12.9. The van der Waals surface area contributed by atoms with E-state index in [9.17, 15) is 9.59 Å². The minimum atomic E-state index is -0.215. The van der Waals surface area contributed by atoms with E-state index in [0.717, 1.165) is 22.6 Å². The predicted molar refractivity (Wildman–Crippen MR) is 76.2 cm³/mol. The van der Waals surface area contributed by atoms with Crippen molar-refractivity contribution in [2.75, 3.05) is 6.61 Å². The van der Waals surface area contributed by atoms with Gasteiger partial charge in [-0.1, -0.05) is 29.5 Å². The zero-order valence-electron chi connectivity index (χ0n) is 11.0. The van der Waals surface area contributed by atoms with Crippen molar-refractivity contribution in [3.63, 3.8) is 0 Å². The van der Waals surface area contributed by atoms with Crippen LogP contribution < -0.4 is 9.61 Å². The largest absolute Gasteiger partial charge is 0.491 e. The van der Waals surface area contributed by atoms with Crippen molar-refractivity contribution in [3.05, 3.63) is 50.6 Å². The molecular formula is C14H14N2O3S. The molecular weight excluding hydrogens is 276 g/mol. The number of carbonyl (C=O) groups is 1. The van der Waals surface area contributed by atoms with Crippen molar-refractivity contribution in [2.45, 2.75) is 19.5 Å². The summed E-state index contributed by atoms with van der Waals surface area (Å²) in [5.41, 5.74) is 1.31. The van der Waals surface area contributed by atoms with Gasteiger partial charge in [0.2, 0.25) is 0 Å². The molecule has 0 fully saturated rings. The van der Waals surface area contributed by atoms with E-state index in [4.69, 9.17) is 4.74 Å². The third kappa shape index (κ3) is 2.34. The first-order chi connectivity index (χ1) is 9.65. The van der Waals surface area contributed by atoms with Crippen LogP contribution in [0.15, 0.2) is 34.4 Å². The fourth-order valence-corrected chi connectivity index (χ4v) is 2.78. The van der Waals surface area contributed by atoms with Gasteiger partial charge in [-0.3, -0.25) is 9.59 Å². The number of hydrogen-bond acceptors (Lipinski definition) is 4. The van der Waals surface area contributed by atoms with Crippen LogP contribution in [0.1, 0.15) is 23.0 Å². The van der Waals surface area contributed by atoms with Crippen LogP contribution in [0.4, 0.5) is 0 Å². The van der Waals surface area contributed by atoms with Crippen molar-refractivity contribution in [1.29, 1.82) is 0 Å². The van der Waals surface area contributed by atoms with E-state index in [2.05, 4.69) is 4.98 Å². The van der Waals surface area contributed by atoms with Crippen LogP contribution in [-0.2, 0) is 6.54 Å². The third-order valence-corrected chi connectivity index (χ3v) is 4.01. The monoisotopic (exact) mass is 290 g/mol. The maximum Gasteiger partial charge on any atom is 0.305 e. The molecule has 20 heavy (non-hydrogen) atoms. The quantitative estimate of drug-likeness (QED) is 0.872. The Morgan fingerprint density at radius 1 is 1.45 bits per heavy atom. The van der Waals surface area contributed by atoms with Crippen molar-refractivity contribution >= 4 is 17.2 Å². The van der Waals surface area contributed by atoms with Gasteiger partial charge in [-0.25, -0.2) is 0 Å². The molecule has 0 radical (unpaired) electrons. The average molecular weight is 290 g/mol. The van der Waals surface area contributed by atoms with E-state index in [0.29, 0.717) is 18.8 Å². The number of aromatic nitrogens is 1. The number of hydrogen-bond donors (Lipinski definition) is 1. The van der Waals surface area contributed by atoms with Gasteiger partial charge < -0.3 is 14.6 Å². The van der Waals surface area contributed by atoms with Gasteiger partial charge in [-0.15, -0.1) is 0 Å². The van der Waals surface area contributed by atoms with Crippen LogP contribution in [-0.4, -0.2) is 28.4 Å². The molecule has 0 saturated carbocycles. The van der Waals surface area contributed by atoms with Gasteiger partial charge >= 0.3 is 4.87 Å². The maximum absolute atomic E-state index is 12.5. The second-order valence-corrected chi connectivity index (χ2v) is 5.60. The van der Waals surface area contributed by atoms with E-state index in [1.807, 2.05) is 31.2 Å². The number of aromatic amines is 1. The van der Waals surface area contributed by atoms with E-state index in [1.54, 1.807) is 10.3 Å². The molecule has 1 aromatic carbocycles. The molecule has 0 saturated heterocycles. The molecule has 0 spiro atoms. The number of nitrogens with one attached hydrogen (secondary N) is 1. The van der Waals surface area contributed by atoms with E-state index < -0.39 is 0 Å². The Bertz CT molecular complexity index is 691. The topological polar surface area (TPSA) is 62.4 Å². The van der Waals surface area contributed by atoms with Crippen molar-refractivity contribution in [1.82, 2.24) is 9.88 Å². The summed E-state index contributed by atoms with van der Waals surface area (Å²) in [4.78, 5) is 27.8. The van der Waals surface area contributed by atoms with E-state index >= 15 is 0 Å². The minimum absolute atomic E-state index is 0.0571. The highest BCUT2D eigenvalue weighted by Crippen LogP contribution is 2.25. The Hall–Kier alpha value is -2.08. The molecule has 0 bridgehead atoms. The lowest BCUT2D eigenvalue weighted by Crippen LogP contribution is -2.40. The number of para-hydroxylation sites is 1. The van der Waals surface area contributed by atoms with Gasteiger partial charge in [0.15, 0.2) is 0 Å². The lowest BCUT2D eigenvalue weighted by atomic mass is 10.1. The summed E-state index contributed by atoms with van der Waals surface area (Å²) >= 11 is 0.999. The summed E-state index contributed by atoms with van der Waals surface area (Å²) in [6.07, 6.45) is 0.